The van der Waals surface area contributed by atoms with E-state index in [1.165, 1.54) is 6.07 Å². The van der Waals surface area contributed by atoms with Crippen molar-refractivity contribution in [3.8, 4) is 5.75 Å². The van der Waals surface area contributed by atoms with Crippen LogP contribution >= 0.6 is 0 Å². The molecular formula is C13H13NO4. The van der Waals surface area contributed by atoms with Gasteiger partial charge in [-0.2, -0.15) is 0 Å². The molecule has 2 rings (SSSR count). The number of aliphatic hydroxyl groups excluding tert-OH is 1. The lowest BCUT2D eigenvalue weighted by Gasteiger charge is -2.10. The fraction of sp³-hybridized carbons (Fsp3) is 0.231. The summed E-state index contributed by atoms with van der Waals surface area (Å²) in [6.07, 6.45) is -0.584. The van der Waals surface area contributed by atoms with Crippen molar-refractivity contribution in [2.75, 3.05) is 6.61 Å². The van der Waals surface area contributed by atoms with E-state index in [-0.39, 0.29) is 12.3 Å². The van der Waals surface area contributed by atoms with Crippen LogP contribution in [-0.4, -0.2) is 22.7 Å². The molecule has 2 aromatic carbocycles. The van der Waals surface area contributed by atoms with Gasteiger partial charge in [-0.25, -0.2) is 0 Å². The number of hydrogen-bond acceptors (Lipinski definition) is 4. The number of nitro benzene ring substituents is 1. The van der Waals surface area contributed by atoms with Gasteiger partial charge in [-0.15, -0.1) is 0 Å². The number of ether oxygens (including phenoxy) is 1. The highest BCUT2D eigenvalue weighted by molar-refractivity contribution is 5.95. The third kappa shape index (κ3) is 2.41. The van der Waals surface area contributed by atoms with E-state index in [9.17, 15) is 15.2 Å². The van der Waals surface area contributed by atoms with Gasteiger partial charge in [0.2, 0.25) is 0 Å². The van der Waals surface area contributed by atoms with Gasteiger partial charge < -0.3 is 9.84 Å². The van der Waals surface area contributed by atoms with Crippen LogP contribution in [0.5, 0.6) is 5.75 Å². The Morgan fingerprint density at radius 2 is 1.94 bits per heavy atom. The summed E-state index contributed by atoms with van der Waals surface area (Å²) in [6, 6.07) is 9.96. The van der Waals surface area contributed by atoms with Crippen molar-refractivity contribution < 1.29 is 14.8 Å². The second kappa shape index (κ2) is 5.01. The van der Waals surface area contributed by atoms with Gasteiger partial charge in [0.1, 0.15) is 12.4 Å². The zero-order valence-corrected chi connectivity index (χ0v) is 9.87. The van der Waals surface area contributed by atoms with Crippen LogP contribution in [0.4, 0.5) is 5.69 Å². The van der Waals surface area contributed by atoms with Gasteiger partial charge >= 0.3 is 0 Å². The van der Waals surface area contributed by atoms with Gasteiger partial charge in [0.25, 0.3) is 5.69 Å². The number of hydrogen-bond donors (Lipinski definition) is 1. The normalized spacial score (nSPS) is 12.3. The molecule has 5 heteroatoms. The SMILES string of the molecule is C[C@H](O)COc1ccc([N+](=O)[O-])c2ccccc12. The summed E-state index contributed by atoms with van der Waals surface area (Å²) in [4.78, 5) is 10.5. The molecule has 0 aromatic heterocycles. The largest absolute Gasteiger partial charge is 0.490 e. The Balaban J connectivity index is 2.50. The van der Waals surface area contributed by atoms with Crippen LogP contribution in [0.3, 0.4) is 0 Å². The molecule has 0 fully saturated rings. The topological polar surface area (TPSA) is 72.6 Å². The number of nitrogens with zero attached hydrogens (tertiary/aromatic N) is 1. The van der Waals surface area contributed by atoms with E-state index in [2.05, 4.69) is 0 Å². The Morgan fingerprint density at radius 3 is 2.56 bits per heavy atom. The number of aliphatic hydroxyl groups is 1. The van der Waals surface area contributed by atoms with Crippen molar-refractivity contribution in [2.45, 2.75) is 13.0 Å². The molecular weight excluding hydrogens is 234 g/mol. The van der Waals surface area contributed by atoms with Crippen LogP contribution in [-0.2, 0) is 0 Å². The minimum absolute atomic E-state index is 0.0509. The molecule has 5 nitrogen and oxygen atoms in total. The molecule has 0 aliphatic heterocycles. The van der Waals surface area contributed by atoms with E-state index in [1.54, 1.807) is 37.3 Å². The lowest BCUT2D eigenvalue weighted by atomic mass is 10.1. The van der Waals surface area contributed by atoms with Crippen LogP contribution in [0.15, 0.2) is 36.4 Å². The lowest BCUT2D eigenvalue weighted by molar-refractivity contribution is -0.383. The third-order valence-electron chi connectivity index (χ3n) is 2.54. The van der Waals surface area contributed by atoms with Gasteiger partial charge in [-0.1, -0.05) is 18.2 Å². The molecule has 0 amide bonds. The van der Waals surface area contributed by atoms with Gasteiger partial charge in [0.15, 0.2) is 0 Å². The summed E-state index contributed by atoms with van der Waals surface area (Å²) in [5.41, 5.74) is 0.0509. The average molecular weight is 247 g/mol. The van der Waals surface area contributed by atoms with Crippen LogP contribution in [0.2, 0.25) is 0 Å². The van der Waals surface area contributed by atoms with Gasteiger partial charge in [0, 0.05) is 11.5 Å². The summed E-state index contributed by atoms with van der Waals surface area (Å²) < 4.78 is 5.44. The Morgan fingerprint density at radius 1 is 1.28 bits per heavy atom. The highest BCUT2D eigenvalue weighted by atomic mass is 16.6. The van der Waals surface area contributed by atoms with E-state index < -0.39 is 11.0 Å². The summed E-state index contributed by atoms with van der Waals surface area (Å²) in [5.74, 6) is 0.539. The summed E-state index contributed by atoms with van der Waals surface area (Å²) >= 11 is 0. The first-order valence-corrected chi connectivity index (χ1v) is 5.56. The van der Waals surface area contributed by atoms with Crippen molar-refractivity contribution >= 4 is 16.5 Å². The molecule has 0 heterocycles. The van der Waals surface area contributed by atoms with Crippen molar-refractivity contribution in [1.82, 2.24) is 0 Å². The molecule has 0 bridgehead atoms. The lowest BCUT2D eigenvalue weighted by Crippen LogP contribution is -2.12. The first-order chi connectivity index (χ1) is 8.59. The second-order valence-corrected chi connectivity index (χ2v) is 4.05. The van der Waals surface area contributed by atoms with Crippen LogP contribution < -0.4 is 4.74 Å². The summed E-state index contributed by atoms with van der Waals surface area (Å²) in [6.45, 7) is 1.77. The highest BCUT2D eigenvalue weighted by Crippen LogP contribution is 2.32. The molecule has 0 unspecified atom stereocenters. The zero-order valence-electron chi connectivity index (χ0n) is 9.87. The Kier molecular flexibility index (Phi) is 3.43. The van der Waals surface area contributed by atoms with Crippen molar-refractivity contribution in [3.05, 3.63) is 46.5 Å². The predicted molar refractivity (Wildman–Crippen MR) is 67.8 cm³/mol. The molecule has 0 aliphatic rings. The average Bonchev–Trinajstić information content (AvgIpc) is 2.35. The number of nitro groups is 1. The summed E-state index contributed by atoms with van der Waals surface area (Å²) in [5, 5.41) is 21.3. The number of fused-ring (bicyclic) bond motifs is 1. The minimum atomic E-state index is -0.584. The zero-order chi connectivity index (χ0) is 13.1. The molecule has 94 valence electrons. The van der Waals surface area contributed by atoms with Crippen LogP contribution in [0, 0.1) is 10.1 Å². The maximum absolute atomic E-state index is 10.9. The highest BCUT2D eigenvalue weighted by Gasteiger charge is 2.14. The fourth-order valence-electron chi connectivity index (χ4n) is 1.75. The van der Waals surface area contributed by atoms with Crippen molar-refractivity contribution in [1.29, 1.82) is 0 Å². The monoisotopic (exact) mass is 247 g/mol. The van der Waals surface area contributed by atoms with E-state index in [0.29, 0.717) is 16.5 Å². The molecule has 0 radical (unpaired) electrons. The molecule has 0 saturated heterocycles. The van der Waals surface area contributed by atoms with Gasteiger partial charge in [0.05, 0.1) is 16.4 Å². The number of benzene rings is 2. The Bertz CT molecular complexity index is 580. The fourth-order valence-corrected chi connectivity index (χ4v) is 1.75. The molecule has 2 aromatic rings. The molecule has 1 atom stereocenters. The van der Waals surface area contributed by atoms with Gasteiger partial charge in [-0.3, -0.25) is 10.1 Å². The maximum Gasteiger partial charge on any atom is 0.277 e. The third-order valence-corrected chi connectivity index (χ3v) is 2.54. The van der Waals surface area contributed by atoms with Crippen LogP contribution in [0.25, 0.3) is 10.8 Å². The maximum atomic E-state index is 10.9. The Labute approximate surface area is 104 Å². The molecule has 1 N–H and O–H groups in total. The van der Waals surface area contributed by atoms with E-state index in [4.69, 9.17) is 4.74 Å². The quantitative estimate of drug-likeness (QED) is 0.665. The second-order valence-electron chi connectivity index (χ2n) is 4.05. The summed E-state index contributed by atoms with van der Waals surface area (Å²) in [7, 11) is 0. The predicted octanol–water partition coefficient (Wildman–Crippen LogP) is 2.51. The van der Waals surface area contributed by atoms with Crippen LogP contribution in [0.1, 0.15) is 6.92 Å². The standard InChI is InChI=1S/C13H13NO4/c1-9(15)8-18-13-7-6-12(14(16)17)10-4-2-3-5-11(10)13/h2-7,9,15H,8H2,1H3/t9-/m0/s1. The molecule has 0 spiro atoms. The van der Waals surface area contributed by atoms with E-state index in [1.807, 2.05) is 0 Å². The first-order valence-electron chi connectivity index (χ1n) is 5.56. The number of rotatable bonds is 4. The van der Waals surface area contributed by atoms with E-state index >= 15 is 0 Å². The van der Waals surface area contributed by atoms with Gasteiger partial charge in [-0.05, 0) is 19.1 Å². The van der Waals surface area contributed by atoms with Crippen molar-refractivity contribution in [3.63, 3.8) is 0 Å². The molecule has 18 heavy (non-hydrogen) atoms. The first kappa shape index (κ1) is 12.3. The van der Waals surface area contributed by atoms with E-state index in [0.717, 1.165) is 0 Å². The Hall–Kier alpha value is -2.14. The molecule has 0 aliphatic carbocycles. The molecule has 0 saturated carbocycles. The van der Waals surface area contributed by atoms with Crippen molar-refractivity contribution in [2.24, 2.45) is 0 Å². The smallest absolute Gasteiger partial charge is 0.277 e. The minimum Gasteiger partial charge on any atom is -0.490 e. The number of non-ortho nitro benzene ring substituents is 1.